The summed E-state index contributed by atoms with van der Waals surface area (Å²) in [6.45, 7) is 0. The average Bonchev–Trinajstić information content (AvgIpc) is 2.73. The number of thioether (sulfide) groups is 1. The van der Waals surface area contributed by atoms with Gasteiger partial charge in [-0.15, -0.1) is 0 Å². The predicted octanol–water partition coefficient (Wildman–Crippen LogP) is 5.31. The maximum Gasteiger partial charge on any atom is 0.178 e. The van der Waals surface area contributed by atoms with Crippen molar-refractivity contribution in [2.45, 2.75) is 37.0 Å². The minimum absolute atomic E-state index is 0.533. The maximum absolute atomic E-state index is 5.56. The number of rotatable bonds is 2. The molecule has 19 heavy (non-hydrogen) atoms. The van der Waals surface area contributed by atoms with E-state index >= 15 is 0 Å². The van der Waals surface area contributed by atoms with Crippen LogP contribution in [-0.2, 0) is 0 Å². The second-order valence-electron chi connectivity index (χ2n) is 5.09. The summed E-state index contributed by atoms with van der Waals surface area (Å²) >= 11 is 11.1. The Morgan fingerprint density at radius 3 is 2.95 bits per heavy atom. The zero-order valence-electron chi connectivity index (χ0n) is 10.9. The van der Waals surface area contributed by atoms with Gasteiger partial charge in [0.15, 0.2) is 4.77 Å². The Bertz CT molecular complexity index is 646. The minimum Gasteiger partial charge on any atom is -0.331 e. The molecule has 1 heterocycles. The van der Waals surface area contributed by atoms with Crippen molar-refractivity contribution in [1.82, 2.24) is 9.55 Å². The summed E-state index contributed by atoms with van der Waals surface area (Å²) in [5.41, 5.74) is 2.36. The molecule has 0 spiro atoms. The van der Waals surface area contributed by atoms with Gasteiger partial charge >= 0.3 is 0 Å². The fourth-order valence-corrected chi connectivity index (χ4v) is 4.76. The Balaban J connectivity index is 2.13. The van der Waals surface area contributed by atoms with Gasteiger partial charge in [-0.25, -0.2) is 0 Å². The van der Waals surface area contributed by atoms with Crippen molar-refractivity contribution in [2.24, 2.45) is 0 Å². The fraction of sp³-hybridized carbons (Fsp3) is 0.500. The lowest BCUT2D eigenvalue weighted by molar-refractivity contribution is 0.369. The molecule has 2 aromatic rings. The highest BCUT2D eigenvalue weighted by Crippen LogP contribution is 2.37. The third-order valence-corrected chi connectivity index (χ3v) is 5.93. The lowest BCUT2D eigenvalue weighted by Gasteiger charge is -2.31. The lowest BCUT2D eigenvalue weighted by Crippen LogP contribution is -2.25. The number of benzene rings is 1. The first kappa shape index (κ1) is 13.7. The van der Waals surface area contributed by atoms with Crippen molar-refractivity contribution < 1.29 is 0 Å². The highest BCUT2D eigenvalue weighted by Gasteiger charge is 2.27. The van der Waals surface area contributed by atoms with Crippen LogP contribution in [0, 0.1) is 4.77 Å². The van der Waals surface area contributed by atoms with Crippen LogP contribution >= 0.6 is 39.9 Å². The molecule has 1 saturated carbocycles. The number of fused-ring (bicyclic) bond motifs is 1. The van der Waals surface area contributed by atoms with Gasteiger partial charge in [0.05, 0.1) is 11.0 Å². The van der Waals surface area contributed by atoms with E-state index in [0.29, 0.717) is 11.3 Å². The second kappa shape index (κ2) is 5.62. The largest absolute Gasteiger partial charge is 0.331 e. The van der Waals surface area contributed by atoms with Crippen molar-refractivity contribution in [2.75, 3.05) is 6.26 Å². The molecule has 5 heteroatoms. The van der Waals surface area contributed by atoms with Crippen LogP contribution in [0.4, 0.5) is 0 Å². The first-order valence-electron chi connectivity index (χ1n) is 6.63. The van der Waals surface area contributed by atoms with Crippen LogP contribution in [0.2, 0.25) is 0 Å². The third-order valence-electron chi connectivity index (χ3n) is 3.98. The van der Waals surface area contributed by atoms with Crippen LogP contribution in [0.15, 0.2) is 22.7 Å². The van der Waals surface area contributed by atoms with Crippen LogP contribution in [0.5, 0.6) is 0 Å². The van der Waals surface area contributed by atoms with Crippen molar-refractivity contribution in [1.29, 1.82) is 0 Å². The van der Waals surface area contributed by atoms with E-state index in [1.54, 1.807) is 0 Å². The van der Waals surface area contributed by atoms with Crippen molar-refractivity contribution in [3.63, 3.8) is 0 Å². The molecule has 0 amide bonds. The number of H-pyrrole nitrogens is 1. The number of imidazole rings is 1. The van der Waals surface area contributed by atoms with E-state index in [-0.39, 0.29) is 0 Å². The second-order valence-corrected chi connectivity index (χ2v) is 7.47. The van der Waals surface area contributed by atoms with Gasteiger partial charge in [0.2, 0.25) is 0 Å². The highest BCUT2D eigenvalue weighted by atomic mass is 79.9. The van der Waals surface area contributed by atoms with E-state index in [1.807, 2.05) is 11.8 Å². The number of nitrogens with zero attached hydrogens (tertiary/aromatic N) is 1. The zero-order valence-corrected chi connectivity index (χ0v) is 14.1. The molecule has 1 aromatic heterocycles. The molecule has 2 unspecified atom stereocenters. The fourth-order valence-electron chi connectivity index (χ4n) is 3.08. The van der Waals surface area contributed by atoms with Crippen LogP contribution in [-0.4, -0.2) is 21.1 Å². The van der Waals surface area contributed by atoms with Crippen LogP contribution in [0.3, 0.4) is 0 Å². The molecule has 1 aliphatic rings. The molecule has 102 valence electrons. The zero-order chi connectivity index (χ0) is 13.4. The monoisotopic (exact) mass is 356 g/mol. The Morgan fingerprint density at radius 2 is 2.16 bits per heavy atom. The molecule has 1 aliphatic carbocycles. The summed E-state index contributed by atoms with van der Waals surface area (Å²) in [5, 5.41) is 0.683. The smallest absolute Gasteiger partial charge is 0.178 e. The first-order valence-corrected chi connectivity index (χ1v) is 9.12. The predicted molar refractivity (Wildman–Crippen MR) is 89.6 cm³/mol. The van der Waals surface area contributed by atoms with Gasteiger partial charge < -0.3 is 9.55 Å². The van der Waals surface area contributed by atoms with E-state index in [9.17, 15) is 0 Å². The van der Waals surface area contributed by atoms with Crippen molar-refractivity contribution >= 4 is 50.9 Å². The SMILES string of the molecule is CSC1CCCCC1n1c(=S)[nH]c2cc(Br)ccc21. The molecule has 2 atom stereocenters. The number of hydrogen-bond acceptors (Lipinski definition) is 2. The molecule has 1 N–H and O–H groups in total. The summed E-state index contributed by atoms with van der Waals surface area (Å²) in [7, 11) is 0. The van der Waals surface area contributed by atoms with Gasteiger partial charge in [0, 0.05) is 15.8 Å². The Morgan fingerprint density at radius 1 is 1.37 bits per heavy atom. The third kappa shape index (κ3) is 2.52. The van der Waals surface area contributed by atoms with E-state index in [4.69, 9.17) is 12.2 Å². The Hall–Kier alpha value is -0.260. The number of aromatic amines is 1. The van der Waals surface area contributed by atoms with Crippen LogP contribution in [0.1, 0.15) is 31.7 Å². The quantitative estimate of drug-likeness (QED) is 0.736. The van der Waals surface area contributed by atoms with Crippen LogP contribution in [0.25, 0.3) is 11.0 Å². The number of aromatic nitrogens is 2. The number of nitrogens with one attached hydrogen (secondary N) is 1. The Labute approximate surface area is 131 Å². The summed E-state index contributed by atoms with van der Waals surface area (Å²) in [6.07, 6.45) is 7.42. The lowest BCUT2D eigenvalue weighted by atomic mass is 9.94. The number of halogens is 1. The molecule has 1 aromatic carbocycles. The van der Waals surface area contributed by atoms with Gasteiger partial charge in [-0.2, -0.15) is 11.8 Å². The molecule has 0 saturated heterocycles. The normalized spacial score (nSPS) is 23.9. The van der Waals surface area contributed by atoms with Gasteiger partial charge in [0.1, 0.15) is 0 Å². The van der Waals surface area contributed by atoms with Crippen molar-refractivity contribution in [3.8, 4) is 0 Å². The highest BCUT2D eigenvalue weighted by molar-refractivity contribution is 9.10. The van der Waals surface area contributed by atoms with E-state index < -0.39 is 0 Å². The molecule has 0 bridgehead atoms. The summed E-state index contributed by atoms with van der Waals surface area (Å²) in [6, 6.07) is 6.90. The molecule has 0 radical (unpaired) electrons. The summed E-state index contributed by atoms with van der Waals surface area (Å²) < 4.78 is 4.30. The first-order chi connectivity index (χ1) is 9.20. The average molecular weight is 357 g/mol. The van der Waals surface area contributed by atoms with Crippen molar-refractivity contribution in [3.05, 3.63) is 27.4 Å². The van der Waals surface area contributed by atoms with Crippen LogP contribution < -0.4 is 0 Å². The maximum atomic E-state index is 5.56. The van der Waals surface area contributed by atoms with E-state index in [0.717, 1.165) is 14.8 Å². The summed E-state index contributed by atoms with van der Waals surface area (Å²) in [5.74, 6) is 0. The number of hydrogen-bond donors (Lipinski definition) is 1. The minimum atomic E-state index is 0.533. The molecule has 1 fully saturated rings. The van der Waals surface area contributed by atoms with Gasteiger partial charge in [-0.3, -0.25) is 0 Å². The van der Waals surface area contributed by atoms with Gasteiger partial charge in [-0.05, 0) is 49.5 Å². The van der Waals surface area contributed by atoms with Gasteiger partial charge in [-0.1, -0.05) is 28.8 Å². The molecular formula is C14H17BrN2S2. The topological polar surface area (TPSA) is 20.7 Å². The summed E-state index contributed by atoms with van der Waals surface area (Å²) in [4.78, 5) is 3.35. The van der Waals surface area contributed by atoms with E-state index in [2.05, 4.69) is 49.9 Å². The molecule has 3 rings (SSSR count). The van der Waals surface area contributed by atoms with E-state index in [1.165, 1.54) is 31.2 Å². The standard InChI is InChI=1S/C14H17BrN2S2/c1-19-13-5-3-2-4-12(13)17-11-7-6-9(15)8-10(11)16-14(17)18/h6-8,12-13H,2-5H2,1H3,(H,16,18). The molecular weight excluding hydrogens is 340 g/mol. The Kier molecular flexibility index (Phi) is 4.06. The molecule has 0 aliphatic heterocycles. The van der Waals surface area contributed by atoms with Gasteiger partial charge in [0.25, 0.3) is 0 Å². The molecule has 2 nitrogen and oxygen atoms in total.